The summed E-state index contributed by atoms with van der Waals surface area (Å²) in [6.07, 6.45) is 0.767. The molecule has 0 amide bonds. The molecule has 0 radical (unpaired) electrons. The van der Waals surface area contributed by atoms with Gasteiger partial charge in [0.1, 0.15) is 5.82 Å². The molecule has 1 nitrogen and oxygen atoms in total. The summed E-state index contributed by atoms with van der Waals surface area (Å²) in [4.78, 5) is 0. The SMILES string of the molecule is Cc1cccc(CC(N)c2ccc(F)cc2I)c1. The maximum absolute atomic E-state index is 13.0. The standard InChI is InChI=1S/C15H15FIN/c1-10-3-2-4-11(7-10)8-15(18)13-6-5-12(16)9-14(13)17/h2-7,9,15H,8,18H2,1H3. The minimum Gasteiger partial charge on any atom is -0.324 e. The van der Waals surface area contributed by atoms with Crippen LogP contribution in [0.3, 0.4) is 0 Å². The van der Waals surface area contributed by atoms with Gasteiger partial charge >= 0.3 is 0 Å². The molecule has 2 aromatic rings. The van der Waals surface area contributed by atoms with Gasteiger partial charge in [-0.2, -0.15) is 0 Å². The third-order valence-electron chi connectivity index (χ3n) is 2.90. The molecule has 2 N–H and O–H groups in total. The lowest BCUT2D eigenvalue weighted by molar-refractivity contribution is 0.622. The highest BCUT2D eigenvalue weighted by molar-refractivity contribution is 14.1. The van der Waals surface area contributed by atoms with Gasteiger partial charge in [-0.15, -0.1) is 0 Å². The Morgan fingerprint density at radius 3 is 2.67 bits per heavy atom. The van der Waals surface area contributed by atoms with Crippen molar-refractivity contribution in [3.8, 4) is 0 Å². The van der Waals surface area contributed by atoms with Crippen LogP contribution in [-0.4, -0.2) is 0 Å². The molecule has 0 saturated heterocycles. The summed E-state index contributed by atoms with van der Waals surface area (Å²) in [6.45, 7) is 2.07. The fourth-order valence-corrected chi connectivity index (χ4v) is 2.88. The van der Waals surface area contributed by atoms with Crippen molar-refractivity contribution < 1.29 is 4.39 Å². The van der Waals surface area contributed by atoms with Gasteiger partial charge in [-0.1, -0.05) is 35.9 Å². The summed E-state index contributed by atoms with van der Waals surface area (Å²) in [5, 5.41) is 0. The first-order valence-corrected chi connectivity index (χ1v) is 6.90. The van der Waals surface area contributed by atoms with Crippen molar-refractivity contribution >= 4 is 22.6 Å². The Labute approximate surface area is 120 Å². The number of rotatable bonds is 3. The molecule has 1 atom stereocenters. The quantitative estimate of drug-likeness (QED) is 0.829. The maximum Gasteiger partial charge on any atom is 0.124 e. The van der Waals surface area contributed by atoms with Crippen molar-refractivity contribution in [1.29, 1.82) is 0 Å². The lowest BCUT2D eigenvalue weighted by atomic mass is 9.99. The summed E-state index contributed by atoms with van der Waals surface area (Å²) in [5.41, 5.74) is 9.64. The Hall–Kier alpha value is -0.940. The molecule has 0 heterocycles. The zero-order chi connectivity index (χ0) is 13.1. The zero-order valence-corrected chi connectivity index (χ0v) is 12.3. The van der Waals surface area contributed by atoms with Crippen molar-refractivity contribution in [2.24, 2.45) is 5.73 Å². The molecule has 94 valence electrons. The van der Waals surface area contributed by atoms with Crippen LogP contribution in [0.5, 0.6) is 0 Å². The average Bonchev–Trinajstić information content (AvgIpc) is 2.28. The predicted molar refractivity (Wildman–Crippen MR) is 80.9 cm³/mol. The topological polar surface area (TPSA) is 26.0 Å². The largest absolute Gasteiger partial charge is 0.324 e. The molecule has 2 aromatic carbocycles. The molecular weight excluding hydrogens is 340 g/mol. The molecule has 1 unspecified atom stereocenters. The van der Waals surface area contributed by atoms with E-state index in [1.165, 1.54) is 23.3 Å². The van der Waals surface area contributed by atoms with Gasteiger partial charge in [-0.05, 0) is 59.2 Å². The van der Waals surface area contributed by atoms with Crippen LogP contribution in [-0.2, 0) is 6.42 Å². The molecule has 0 bridgehead atoms. The Bertz CT molecular complexity index is 554. The number of hydrogen-bond acceptors (Lipinski definition) is 1. The first-order valence-electron chi connectivity index (χ1n) is 5.82. The van der Waals surface area contributed by atoms with Crippen molar-refractivity contribution in [3.05, 3.63) is 68.5 Å². The van der Waals surface area contributed by atoms with Crippen LogP contribution in [0.25, 0.3) is 0 Å². The molecule has 0 saturated carbocycles. The number of aryl methyl sites for hydroxylation is 1. The summed E-state index contributed by atoms with van der Waals surface area (Å²) in [6, 6.07) is 13.0. The van der Waals surface area contributed by atoms with Gasteiger partial charge in [0.25, 0.3) is 0 Å². The molecule has 0 aliphatic heterocycles. The van der Waals surface area contributed by atoms with Crippen LogP contribution >= 0.6 is 22.6 Å². The van der Waals surface area contributed by atoms with Gasteiger partial charge < -0.3 is 5.73 Å². The summed E-state index contributed by atoms with van der Waals surface area (Å²) < 4.78 is 13.9. The van der Waals surface area contributed by atoms with E-state index in [1.807, 2.05) is 6.07 Å². The second kappa shape index (κ2) is 5.80. The lowest BCUT2D eigenvalue weighted by Gasteiger charge is -2.14. The molecule has 0 fully saturated rings. The van der Waals surface area contributed by atoms with E-state index in [9.17, 15) is 4.39 Å². The van der Waals surface area contributed by atoms with Gasteiger partial charge in [0.05, 0.1) is 0 Å². The fourth-order valence-electron chi connectivity index (χ4n) is 2.01. The summed E-state index contributed by atoms with van der Waals surface area (Å²) in [5.74, 6) is -0.217. The highest BCUT2D eigenvalue weighted by atomic mass is 127. The van der Waals surface area contributed by atoms with Crippen LogP contribution in [0, 0.1) is 16.3 Å². The van der Waals surface area contributed by atoms with E-state index in [4.69, 9.17) is 5.73 Å². The molecule has 2 rings (SSSR count). The molecular formula is C15H15FIN. The summed E-state index contributed by atoms with van der Waals surface area (Å²) >= 11 is 2.13. The minimum atomic E-state index is -0.217. The third kappa shape index (κ3) is 3.29. The Kier molecular flexibility index (Phi) is 4.35. The first kappa shape index (κ1) is 13.5. The molecule has 0 aliphatic carbocycles. The molecule has 0 aromatic heterocycles. The van der Waals surface area contributed by atoms with E-state index >= 15 is 0 Å². The number of benzene rings is 2. The monoisotopic (exact) mass is 355 g/mol. The van der Waals surface area contributed by atoms with E-state index in [0.717, 1.165) is 15.6 Å². The maximum atomic E-state index is 13.0. The molecule has 3 heteroatoms. The van der Waals surface area contributed by atoms with Crippen molar-refractivity contribution in [1.82, 2.24) is 0 Å². The van der Waals surface area contributed by atoms with E-state index in [2.05, 4.69) is 47.7 Å². The van der Waals surface area contributed by atoms with Crippen LogP contribution in [0.2, 0.25) is 0 Å². The Balaban J connectivity index is 2.19. The number of halogens is 2. The van der Waals surface area contributed by atoms with Crippen LogP contribution < -0.4 is 5.73 Å². The van der Waals surface area contributed by atoms with Crippen LogP contribution in [0.15, 0.2) is 42.5 Å². The average molecular weight is 355 g/mol. The van der Waals surface area contributed by atoms with Crippen molar-refractivity contribution in [3.63, 3.8) is 0 Å². The molecule has 0 spiro atoms. The fraction of sp³-hybridized carbons (Fsp3) is 0.200. The zero-order valence-electron chi connectivity index (χ0n) is 10.2. The van der Waals surface area contributed by atoms with Gasteiger partial charge in [0.2, 0.25) is 0 Å². The second-order valence-electron chi connectivity index (χ2n) is 4.47. The molecule has 0 aliphatic rings. The van der Waals surface area contributed by atoms with Crippen LogP contribution in [0.1, 0.15) is 22.7 Å². The van der Waals surface area contributed by atoms with Crippen LogP contribution in [0.4, 0.5) is 4.39 Å². The van der Waals surface area contributed by atoms with E-state index in [1.54, 1.807) is 6.07 Å². The highest BCUT2D eigenvalue weighted by Crippen LogP contribution is 2.22. The van der Waals surface area contributed by atoms with Gasteiger partial charge in [0.15, 0.2) is 0 Å². The van der Waals surface area contributed by atoms with Gasteiger partial charge in [0, 0.05) is 9.61 Å². The Morgan fingerprint density at radius 1 is 1.22 bits per heavy atom. The smallest absolute Gasteiger partial charge is 0.124 e. The summed E-state index contributed by atoms with van der Waals surface area (Å²) in [7, 11) is 0. The Morgan fingerprint density at radius 2 is 2.00 bits per heavy atom. The number of nitrogens with two attached hydrogens (primary N) is 1. The van der Waals surface area contributed by atoms with E-state index < -0.39 is 0 Å². The molecule has 18 heavy (non-hydrogen) atoms. The second-order valence-corrected chi connectivity index (χ2v) is 5.63. The predicted octanol–water partition coefficient (Wildman–Crippen LogP) is 3.98. The first-order chi connectivity index (χ1) is 8.56. The normalized spacial score (nSPS) is 12.4. The highest BCUT2D eigenvalue weighted by Gasteiger charge is 2.11. The van der Waals surface area contributed by atoms with E-state index in [-0.39, 0.29) is 11.9 Å². The van der Waals surface area contributed by atoms with E-state index in [0.29, 0.717) is 0 Å². The van der Waals surface area contributed by atoms with Crippen molar-refractivity contribution in [2.45, 2.75) is 19.4 Å². The number of hydrogen-bond donors (Lipinski definition) is 1. The third-order valence-corrected chi connectivity index (χ3v) is 3.83. The van der Waals surface area contributed by atoms with Crippen molar-refractivity contribution in [2.75, 3.05) is 0 Å². The van der Waals surface area contributed by atoms with Gasteiger partial charge in [-0.25, -0.2) is 4.39 Å². The minimum absolute atomic E-state index is 0.0979. The lowest BCUT2D eigenvalue weighted by Crippen LogP contribution is -2.15. The van der Waals surface area contributed by atoms with Gasteiger partial charge in [-0.3, -0.25) is 0 Å².